The van der Waals surface area contributed by atoms with Crippen LogP contribution in [0.1, 0.15) is 29.7 Å². The van der Waals surface area contributed by atoms with E-state index in [1.54, 1.807) is 12.1 Å². The van der Waals surface area contributed by atoms with E-state index in [4.69, 9.17) is 5.73 Å². The number of halogens is 1. The molecule has 1 unspecified atom stereocenters. The van der Waals surface area contributed by atoms with Crippen LogP contribution < -0.4 is 5.73 Å². The number of aryl methyl sites for hydroxylation is 2. The van der Waals surface area contributed by atoms with Crippen molar-refractivity contribution in [3.8, 4) is 11.1 Å². The van der Waals surface area contributed by atoms with Crippen molar-refractivity contribution in [1.82, 2.24) is 0 Å². The largest absolute Gasteiger partial charge is 0.324 e. The molecule has 0 bridgehead atoms. The zero-order valence-electron chi connectivity index (χ0n) is 11.0. The predicted octanol–water partition coefficient (Wildman–Crippen LogP) is 4.13. The zero-order valence-corrected chi connectivity index (χ0v) is 11.0. The van der Waals surface area contributed by atoms with E-state index in [1.165, 1.54) is 17.2 Å². The summed E-state index contributed by atoms with van der Waals surface area (Å²) >= 11 is 0. The summed E-state index contributed by atoms with van der Waals surface area (Å²) in [4.78, 5) is 0. The first kappa shape index (κ1) is 12.8. The fourth-order valence-corrected chi connectivity index (χ4v) is 2.31. The first-order valence-corrected chi connectivity index (χ1v) is 6.11. The number of benzene rings is 2. The molecule has 0 spiro atoms. The highest BCUT2D eigenvalue weighted by atomic mass is 19.1. The Labute approximate surface area is 107 Å². The van der Waals surface area contributed by atoms with Gasteiger partial charge in [0.1, 0.15) is 5.82 Å². The molecule has 0 fully saturated rings. The van der Waals surface area contributed by atoms with E-state index >= 15 is 0 Å². The van der Waals surface area contributed by atoms with Gasteiger partial charge in [-0.25, -0.2) is 4.39 Å². The van der Waals surface area contributed by atoms with E-state index < -0.39 is 0 Å². The maximum absolute atomic E-state index is 13.5. The third-order valence-electron chi connectivity index (χ3n) is 3.04. The highest BCUT2D eigenvalue weighted by Crippen LogP contribution is 2.29. The lowest BCUT2D eigenvalue weighted by atomic mass is 9.93. The van der Waals surface area contributed by atoms with E-state index in [1.807, 2.05) is 20.8 Å². The Morgan fingerprint density at radius 1 is 1.00 bits per heavy atom. The molecular formula is C16H18FN. The molecular weight excluding hydrogens is 225 g/mol. The average Bonchev–Trinajstić information content (AvgIpc) is 2.27. The van der Waals surface area contributed by atoms with Gasteiger partial charge in [0.15, 0.2) is 0 Å². The maximum Gasteiger partial charge on any atom is 0.123 e. The van der Waals surface area contributed by atoms with Crippen molar-refractivity contribution in [2.45, 2.75) is 26.8 Å². The molecule has 2 aromatic carbocycles. The third kappa shape index (κ3) is 2.59. The van der Waals surface area contributed by atoms with Crippen LogP contribution in [0.5, 0.6) is 0 Å². The molecule has 0 radical (unpaired) electrons. The zero-order chi connectivity index (χ0) is 13.3. The van der Waals surface area contributed by atoms with Crippen molar-refractivity contribution < 1.29 is 4.39 Å². The molecule has 0 saturated carbocycles. The number of hydrogen-bond acceptors (Lipinski definition) is 1. The van der Waals surface area contributed by atoms with Gasteiger partial charge in [-0.05, 0) is 49.6 Å². The molecule has 0 aliphatic rings. The second kappa shape index (κ2) is 4.91. The van der Waals surface area contributed by atoms with Crippen LogP contribution in [-0.2, 0) is 0 Å². The highest BCUT2D eigenvalue weighted by molar-refractivity contribution is 5.69. The van der Waals surface area contributed by atoms with Crippen LogP contribution >= 0.6 is 0 Å². The molecule has 0 aliphatic heterocycles. The van der Waals surface area contributed by atoms with E-state index in [-0.39, 0.29) is 11.9 Å². The van der Waals surface area contributed by atoms with Crippen molar-refractivity contribution in [2.24, 2.45) is 5.73 Å². The van der Waals surface area contributed by atoms with Crippen LogP contribution in [0.2, 0.25) is 0 Å². The standard InChI is InChI=1S/C16H18FN/c1-10-6-11(2)8-13(7-10)16-9-14(17)4-5-15(16)12(3)18/h4-9,12H,18H2,1-3H3. The molecule has 0 aromatic heterocycles. The lowest BCUT2D eigenvalue weighted by molar-refractivity contribution is 0.626. The van der Waals surface area contributed by atoms with Gasteiger partial charge >= 0.3 is 0 Å². The molecule has 2 rings (SSSR count). The van der Waals surface area contributed by atoms with Crippen LogP contribution in [0.15, 0.2) is 36.4 Å². The predicted molar refractivity (Wildman–Crippen MR) is 73.9 cm³/mol. The summed E-state index contributed by atoms with van der Waals surface area (Å²) in [5, 5.41) is 0. The minimum absolute atomic E-state index is 0.110. The van der Waals surface area contributed by atoms with Crippen LogP contribution in [0.4, 0.5) is 4.39 Å². The van der Waals surface area contributed by atoms with Crippen molar-refractivity contribution in [3.63, 3.8) is 0 Å². The van der Waals surface area contributed by atoms with Gasteiger partial charge in [-0.1, -0.05) is 35.4 Å². The molecule has 0 heterocycles. The molecule has 0 aliphatic carbocycles. The number of hydrogen-bond donors (Lipinski definition) is 1. The molecule has 0 amide bonds. The van der Waals surface area contributed by atoms with Gasteiger partial charge < -0.3 is 5.73 Å². The summed E-state index contributed by atoms with van der Waals surface area (Å²) in [6.07, 6.45) is 0. The fraction of sp³-hybridized carbons (Fsp3) is 0.250. The van der Waals surface area contributed by atoms with Crippen molar-refractivity contribution in [2.75, 3.05) is 0 Å². The lowest BCUT2D eigenvalue weighted by Gasteiger charge is -2.14. The lowest BCUT2D eigenvalue weighted by Crippen LogP contribution is -2.07. The second-order valence-electron chi connectivity index (χ2n) is 4.90. The SMILES string of the molecule is Cc1cc(C)cc(-c2cc(F)ccc2C(C)N)c1. The van der Waals surface area contributed by atoms with Crippen LogP contribution in [0, 0.1) is 19.7 Å². The average molecular weight is 243 g/mol. The van der Waals surface area contributed by atoms with Crippen molar-refractivity contribution in [1.29, 1.82) is 0 Å². The van der Waals surface area contributed by atoms with Crippen LogP contribution in [0.25, 0.3) is 11.1 Å². The Morgan fingerprint density at radius 2 is 1.61 bits per heavy atom. The first-order chi connectivity index (χ1) is 8.47. The van der Waals surface area contributed by atoms with Gasteiger partial charge in [-0.2, -0.15) is 0 Å². The summed E-state index contributed by atoms with van der Waals surface area (Å²) in [5.41, 5.74) is 11.2. The maximum atomic E-state index is 13.5. The Balaban J connectivity index is 2.65. The van der Waals surface area contributed by atoms with Crippen LogP contribution in [0.3, 0.4) is 0 Å². The van der Waals surface area contributed by atoms with E-state index in [9.17, 15) is 4.39 Å². The Hall–Kier alpha value is -1.67. The van der Waals surface area contributed by atoms with Gasteiger partial charge in [-0.3, -0.25) is 0 Å². The summed E-state index contributed by atoms with van der Waals surface area (Å²) < 4.78 is 13.5. The Bertz CT molecular complexity index is 553. The van der Waals surface area contributed by atoms with Gasteiger partial charge in [0.05, 0.1) is 0 Å². The smallest absolute Gasteiger partial charge is 0.123 e. The van der Waals surface area contributed by atoms with E-state index in [0.717, 1.165) is 16.7 Å². The fourth-order valence-electron chi connectivity index (χ4n) is 2.31. The minimum atomic E-state index is -0.228. The number of nitrogens with two attached hydrogens (primary N) is 1. The van der Waals surface area contributed by atoms with E-state index in [2.05, 4.69) is 18.2 Å². The van der Waals surface area contributed by atoms with E-state index in [0.29, 0.717) is 0 Å². The summed E-state index contributed by atoms with van der Waals surface area (Å²) in [7, 11) is 0. The Morgan fingerprint density at radius 3 is 2.17 bits per heavy atom. The molecule has 1 atom stereocenters. The number of rotatable bonds is 2. The van der Waals surface area contributed by atoms with Gasteiger partial charge in [0, 0.05) is 6.04 Å². The van der Waals surface area contributed by atoms with Gasteiger partial charge in [0.2, 0.25) is 0 Å². The molecule has 2 heteroatoms. The third-order valence-corrected chi connectivity index (χ3v) is 3.04. The monoisotopic (exact) mass is 243 g/mol. The summed E-state index contributed by atoms with van der Waals surface area (Å²) in [6, 6.07) is 10.9. The molecule has 2 aromatic rings. The molecule has 1 nitrogen and oxygen atoms in total. The second-order valence-corrected chi connectivity index (χ2v) is 4.90. The molecule has 18 heavy (non-hydrogen) atoms. The normalized spacial score (nSPS) is 12.5. The summed E-state index contributed by atoms with van der Waals surface area (Å²) in [5.74, 6) is -0.228. The minimum Gasteiger partial charge on any atom is -0.324 e. The summed E-state index contributed by atoms with van der Waals surface area (Å²) in [6.45, 7) is 6.00. The molecule has 2 N–H and O–H groups in total. The topological polar surface area (TPSA) is 26.0 Å². The highest BCUT2D eigenvalue weighted by Gasteiger charge is 2.10. The van der Waals surface area contributed by atoms with Crippen molar-refractivity contribution >= 4 is 0 Å². The molecule has 94 valence electrons. The van der Waals surface area contributed by atoms with Gasteiger partial charge in [0.25, 0.3) is 0 Å². The van der Waals surface area contributed by atoms with Gasteiger partial charge in [-0.15, -0.1) is 0 Å². The van der Waals surface area contributed by atoms with Crippen LogP contribution in [-0.4, -0.2) is 0 Å². The quantitative estimate of drug-likeness (QED) is 0.843. The Kier molecular flexibility index (Phi) is 3.48. The van der Waals surface area contributed by atoms with Crippen molar-refractivity contribution in [3.05, 3.63) is 58.9 Å². The molecule has 0 saturated heterocycles. The first-order valence-electron chi connectivity index (χ1n) is 6.11.